The lowest BCUT2D eigenvalue weighted by atomic mass is 10.0. The van der Waals surface area contributed by atoms with Crippen LogP contribution in [0.4, 0.5) is 10.2 Å². The van der Waals surface area contributed by atoms with E-state index in [0.717, 1.165) is 16.6 Å². The van der Waals surface area contributed by atoms with E-state index >= 15 is 4.39 Å². The summed E-state index contributed by atoms with van der Waals surface area (Å²) in [5, 5.41) is 17.4. The predicted octanol–water partition coefficient (Wildman–Crippen LogP) is 7.33. The van der Waals surface area contributed by atoms with Crippen molar-refractivity contribution in [3.8, 4) is 0 Å². The molecular weight excluding hydrogens is 503 g/mol. The molecule has 8 heteroatoms. The smallest absolute Gasteiger partial charge is 0.220 e. The van der Waals surface area contributed by atoms with Crippen LogP contribution in [-0.4, -0.2) is 28.1 Å². The Morgan fingerprint density at radius 2 is 1.65 bits per heavy atom. The number of nitrogens with one attached hydrogen (secondary N) is 2. The summed E-state index contributed by atoms with van der Waals surface area (Å²) >= 11 is 6.22. The highest BCUT2D eigenvalue weighted by molar-refractivity contribution is 6.96. The number of halogens is 2. The number of hydrogen-bond acceptors (Lipinski definition) is 4. The number of H-pyrrole nitrogens is 1. The normalized spacial score (nSPS) is 13.2. The van der Waals surface area contributed by atoms with E-state index in [1.54, 1.807) is 18.3 Å². The number of nitrogens with zero attached hydrogens (tertiary/aromatic N) is 2. The van der Waals surface area contributed by atoms with E-state index in [1.807, 2.05) is 30.5 Å². The average Bonchev–Trinajstić information content (AvgIpc) is 3.28. The fourth-order valence-electron chi connectivity index (χ4n) is 6.33. The Kier molecular flexibility index (Phi) is 8.07. The molecule has 0 aliphatic heterocycles. The van der Waals surface area contributed by atoms with Crippen molar-refractivity contribution in [1.29, 1.82) is 0 Å². The van der Waals surface area contributed by atoms with Gasteiger partial charge in [-0.1, -0.05) is 71.3 Å². The maximum Gasteiger partial charge on any atom is 0.220 e. The van der Waals surface area contributed by atoms with Crippen LogP contribution in [0.3, 0.4) is 0 Å². The lowest BCUT2D eigenvalue weighted by molar-refractivity contribution is 0.215. The van der Waals surface area contributed by atoms with Crippen molar-refractivity contribution in [2.75, 3.05) is 5.32 Å². The maximum atomic E-state index is 15.3. The number of aliphatic hydroxyl groups is 1. The molecule has 3 heterocycles. The fraction of sp³-hybridized carbons (Fsp3) is 0.379. The van der Waals surface area contributed by atoms with Crippen LogP contribution in [0.5, 0.6) is 0 Å². The molecule has 0 radical (unpaired) electrons. The molecule has 1 unspecified atom stereocenters. The Hall–Kier alpha value is -2.74. The molecule has 0 saturated carbocycles. The zero-order chi connectivity index (χ0) is 26.9. The molecule has 0 aliphatic carbocycles. The van der Waals surface area contributed by atoms with Gasteiger partial charge in [-0.3, -0.25) is 0 Å². The fourth-order valence-corrected chi connectivity index (χ4v) is 13.5. The van der Waals surface area contributed by atoms with Gasteiger partial charge in [0.25, 0.3) is 0 Å². The van der Waals surface area contributed by atoms with Crippen molar-refractivity contribution in [2.24, 2.45) is 0 Å². The van der Waals surface area contributed by atoms with Crippen LogP contribution >= 0.6 is 11.6 Å². The van der Waals surface area contributed by atoms with Crippen LogP contribution in [0.25, 0.3) is 11.0 Å². The molecule has 0 saturated heterocycles. The van der Waals surface area contributed by atoms with Gasteiger partial charge in [0.05, 0.1) is 8.07 Å². The van der Waals surface area contributed by atoms with E-state index in [4.69, 9.17) is 11.6 Å². The van der Waals surface area contributed by atoms with Crippen LogP contribution in [0.15, 0.2) is 54.9 Å². The SMILES string of the molecule is CC(C)[Si](c1ccnc2[nH]cc(C(O)c3ccc(NCc4ccccc4Cl)nc3F)c12)(C(C)C)C(C)C. The van der Waals surface area contributed by atoms with Gasteiger partial charge in [0.2, 0.25) is 5.95 Å². The van der Waals surface area contributed by atoms with Crippen molar-refractivity contribution < 1.29 is 9.50 Å². The number of anilines is 1. The monoisotopic (exact) mass is 538 g/mol. The lowest BCUT2D eigenvalue weighted by Gasteiger charge is -2.44. The van der Waals surface area contributed by atoms with Crippen molar-refractivity contribution in [3.63, 3.8) is 0 Å². The van der Waals surface area contributed by atoms with Gasteiger partial charge in [0.15, 0.2) is 0 Å². The first-order valence-corrected chi connectivity index (χ1v) is 15.5. The average molecular weight is 539 g/mol. The number of aromatic amines is 1. The summed E-state index contributed by atoms with van der Waals surface area (Å²) in [7, 11) is -2.08. The molecule has 5 nitrogen and oxygen atoms in total. The first-order valence-electron chi connectivity index (χ1n) is 12.9. The van der Waals surface area contributed by atoms with E-state index < -0.39 is 20.1 Å². The molecule has 0 bridgehead atoms. The number of benzene rings is 1. The van der Waals surface area contributed by atoms with Crippen LogP contribution in [0, 0.1) is 5.95 Å². The van der Waals surface area contributed by atoms with Crippen LogP contribution in [-0.2, 0) is 6.54 Å². The second kappa shape index (κ2) is 10.9. The van der Waals surface area contributed by atoms with Crippen molar-refractivity contribution in [2.45, 2.75) is 70.8 Å². The largest absolute Gasteiger partial charge is 0.383 e. The quantitative estimate of drug-likeness (QED) is 0.154. The van der Waals surface area contributed by atoms with Gasteiger partial charge >= 0.3 is 0 Å². The van der Waals surface area contributed by atoms with E-state index in [0.29, 0.717) is 39.6 Å². The van der Waals surface area contributed by atoms with E-state index in [1.165, 1.54) is 5.19 Å². The number of pyridine rings is 2. The van der Waals surface area contributed by atoms with Gasteiger partial charge in [0, 0.05) is 40.5 Å². The van der Waals surface area contributed by atoms with Gasteiger partial charge in [-0.15, -0.1) is 0 Å². The van der Waals surface area contributed by atoms with E-state index in [9.17, 15) is 5.11 Å². The molecule has 0 aliphatic rings. The molecule has 0 spiro atoms. The second-order valence-corrected chi connectivity index (χ2v) is 16.9. The highest BCUT2D eigenvalue weighted by atomic mass is 35.5. The number of aromatic nitrogens is 3. The Bertz CT molecular complexity index is 1370. The summed E-state index contributed by atoms with van der Waals surface area (Å²) in [6, 6.07) is 12.9. The molecule has 4 aromatic rings. The van der Waals surface area contributed by atoms with Crippen LogP contribution in [0.2, 0.25) is 21.6 Å². The van der Waals surface area contributed by atoms with Gasteiger partial charge in [-0.05, 0) is 51.6 Å². The minimum Gasteiger partial charge on any atom is -0.383 e. The maximum absolute atomic E-state index is 15.3. The van der Waals surface area contributed by atoms with E-state index in [2.05, 4.69) is 67.9 Å². The molecule has 1 atom stereocenters. The molecule has 3 aromatic heterocycles. The van der Waals surface area contributed by atoms with Crippen LogP contribution < -0.4 is 10.5 Å². The minimum atomic E-state index is -2.08. The molecule has 1 aromatic carbocycles. The molecule has 0 amide bonds. The summed E-state index contributed by atoms with van der Waals surface area (Å²) in [6.45, 7) is 14.2. The zero-order valence-corrected chi connectivity index (χ0v) is 24.1. The first-order chi connectivity index (χ1) is 17.6. The Morgan fingerprint density at radius 3 is 2.27 bits per heavy atom. The minimum absolute atomic E-state index is 0.130. The topological polar surface area (TPSA) is 73.8 Å². The van der Waals surface area contributed by atoms with Gasteiger partial charge < -0.3 is 15.4 Å². The molecule has 4 rings (SSSR count). The third kappa shape index (κ3) is 4.92. The molecular formula is C29H36ClFN4OSi. The third-order valence-corrected chi connectivity index (χ3v) is 15.3. The first kappa shape index (κ1) is 27.3. The van der Waals surface area contributed by atoms with Gasteiger partial charge in [-0.25, -0.2) is 9.97 Å². The summed E-state index contributed by atoms with van der Waals surface area (Å²) in [4.78, 5) is 11.9. The zero-order valence-electron chi connectivity index (χ0n) is 22.3. The van der Waals surface area contributed by atoms with Crippen molar-refractivity contribution in [1.82, 2.24) is 15.0 Å². The standard InChI is InChI=1S/C29H36ClFN4OSi/c1-17(2)37(18(3)4,19(5)6)24-13-14-32-29-26(24)22(16-34-29)27(36)21-11-12-25(35-28(21)31)33-15-20-9-7-8-10-23(20)30/h7-14,16-19,27,36H,15H2,1-6H3,(H,32,34)(H,33,35). The van der Waals surface area contributed by atoms with E-state index in [-0.39, 0.29) is 5.56 Å². The molecule has 3 N–H and O–H groups in total. The third-order valence-electron chi connectivity index (χ3n) is 7.82. The highest BCUT2D eigenvalue weighted by Gasteiger charge is 2.46. The Morgan fingerprint density at radius 1 is 0.973 bits per heavy atom. The molecule has 37 heavy (non-hydrogen) atoms. The molecule has 196 valence electrons. The number of rotatable bonds is 9. The Balaban J connectivity index is 1.73. The van der Waals surface area contributed by atoms with Crippen molar-refractivity contribution >= 4 is 41.7 Å². The van der Waals surface area contributed by atoms with Crippen molar-refractivity contribution in [3.05, 3.63) is 82.5 Å². The highest BCUT2D eigenvalue weighted by Crippen LogP contribution is 2.43. The number of hydrogen-bond donors (Lipinski definition) is 3. The summed E-state index contributed by atoms with van der Waals surface area (Å²) in [5.74, 6) is -0.336. The number of fused-ring (bicyclic) bond motifs is 1. The van der Waals surface area contributed by atoms with Crippen LogP contribution in [0.1, 0.15) is 64.3 Å². The number of aliphatic hydroxyl groups excluding tert-OH is 1. The molecule has 0 fully saturated rings. The summed E-state index contributed by atoms with van der Waals surface area (Å²) < 4.78 is 15.3. The predicted molar refractivity (Wildman–Crippen MR) is 154 cm³/mol. The van der Waals surface area contributed by atoms with Gasteiger partial charge in [-0.2, -0.15) is 4.39 Å². The lowest BCUT2D eigenvalue weighted by Crippen LogP contribution is -2.56. The summed E-state index contributed by atoms with van der Waals surface area (Å²) in [6.07, 6.45) is 2.43. The summed E-state index contributed by atoms with van der Waals surface area (Å²) in [5.41, 5.74) is 3.79. The second-order valence-electron chi connectivity index (χ2n) is 10.6. The Labute approximate surface area is 224 Å². The van der Waals surface area contributed by atoms with Gasteiger partial charge in [0.1, 0.15) is 17.6 Å².